The van der Waals surface area contributed by atoms with Crippen LogP contribution in [0.1, 0.15) is 28.3 Å². The molecule has 1 nitrogen and oxygen atoms in total. The Bertz CT molecular complexity index is 472. The lowest BCUT2D eigenvalue weighted by Crippen LogP contribution is -2.56. The van der Waals surface area contributed by atoms with E-state index in [4.69, 9.17) is 23.2 Å². The largest absolute Gasteiger partial charge is 0.296 e. The lowest BCUT2D eigenvalue weighted by Gasteiger charge is -2.50. The van der Waals surface area contributed by atoms with Crippen LogP contribution in [-0.2, 0) is 4.79 Å². The number of hydrogen-bond donors (Lipinski definition) is 0. The SMILES string of the molecule is O=C1C2CC(Br)c3ccccc3C2C1(Cl)Cl. The second-order valence-electron chi connectivity index (χ2n) is 4.40. The van der Waals surface area contributed by atoms with Crippen molar-refractivity contribution in [3.05, 3.63) is 35.4 Å². The van der Waals surface area contributed by atoms with Crippen molar-refractivity contribution in [2.75, 3.05) is 0 Å². The summed E-state index contributed by atoms with van der Waals surface area (Å²) in [4.78, 5) is 12.0. The standard InChI is InChI=1S/C12H9BrCl2O/c13-9-5-8-10(12(14,15)11(8)16)7-4-2-1-3-6(7)9/h1-4,8-10H,5H2. The highest BCUT2D eigenvalue weighted by Gasteiger charge is 2.63. The van der Waals surface area contributed by atoms with E-state index in [0.717, 1.165) is 12.0 Å². The van der Waals surface area contributed by atoms with Crippen LogP contribution >= 0.6 is 39.1 Å². The fourth-order valence-electron chi connectivity index (χ4n) is 2.79. The average Bonchev–Trinajstić information content (AvgIpc) is 2.28. The zero-order valence-corrected chi connectivity index (χ0v) is 11.4. The highest BCUT2D eigenvalue weighted by molar-refractivity contribution is 9.09. The predicted molar refractivity (Wildman–Crippen MR) is 68.4 cm³/mol. The molecule has 0 aliphatic heterocycles. The number of carbonyl (C=O) groups is 1. The van der Waals surface area contributed by atoms with Crippen LogP contribution in [0.3, 0.4) is 0 Å². The van der Waals surface area contributed by atoms with Crippen molar-refractivity contribution < 1.29 is 4.79 Å². The number of benzene rings is 1. The van der Waals surface area contributed by atoms with Crippen LogP contribution in [-0.4, -0.2) is 10.1 Å². The Morgan fingerprint density at radius 1 is 1.25 bits per heavy atom. The predicted octanol–water partition coefficient (Wildman–Crippen LogP) is 3.98. The van der Waals surface area contributed by atoms with Crippen LogP contribution in [0, 0.1) is 5.92 Å². The van der Waals surface area contributed by atoms with Gasteiger partial charge in [0, 0.05) is 16.7 Å². The first-order valence-corrected chi connectivity index (χ1v) is 6.85. The van der Waals surface area contributed by atoms with E-state index in [1.54, 1.807) is 0 Å². The molecular weight excluding hydrogens is 311 g/mol. The van der Waals surface area contributed by atoms with E-state index >= 15 is 0 Å². The van der Waals surface area contributed by atoms with Gasteiger partial charge >= 0.3 is 0 Å². The summed E-state index contributed by atoms with van der Waals surface area (Å²) in [6.45, 7) is 0. The van der Waals surface area contributed by atoms with Crippen molar-refractivity contribution >= 4 is 44.9 Å². The highest BCUT2D eigenvalue weighted by atomic mass is 79.9. The van der Waals surface area contributed by atoms with Gasteiger partial charge in [-0.05, 0) is 17.5 Å². The molecule has 0 spiro atoms. The average molecular weight is 320 g/mol. The molecule has 3 unspecified atom stereocenters. The fourth-order valence-corrected chi connectivity index (χ4v) is 4.43. The first kappa shape index (κ1) is 11.1. The molecule has 2 aliphatic rings. The third-order valence-electron chi connectivity index (χ3n) is 3.59. The lowest BCUT2D eigenvalue weighted by atomic mass is 9.61. The lowest BCUT2D eigenvalue weighted by molar-refractivity contribution is -0.132. The third-order valence-corrected chi connectivity index (χ3v) is 5.30. The molecule has 0 aromatic heterocycles. The summed E-state index contributed by atoms with van der Waals surface area (Å²) in [5.74, 6) is -0.0811. The Labute approximate surface area is 112 Å². The van der Waals surface area contributed by atoms with Gasteiger partial charge in [-0.3, -0.25) is 4.79 Å². The summed E-state index contributed by atoms with van der Waals surface area (Å²) in [7, 11) is 0. The van der Waals surface area contributed by atoms with Gasteiger partial charge in [-0.25, -0.2) is 0 Å². The van der Waals surface area contributed by atoms with E-state index in [2.05, 4.69) is 22.0 Å². The number of ketones is 1. The van der Waals surface area contributed by atoms with Gasteiger partial charge in [0.25, 0.3) is 0 Å². The van der Waals surface area contributed by atoms with E-state index in [1.165, 1.54) is 5.56 Å². The van der Waals surface area contributed by atoms with Crippen molar-refractivity contribution in [2.45, 2.75) is 21.5 Å². The van der Waals surface area contributed by atoms with Gasteiger partial charge in [-0.1, -0.05) is 63.4 Å². The molecule has 0 heterocycles. The molecule has 3 rings (SSSR count). The van der Waals surface area contributed by atoms with E-state index < -0.39 is 4.33 Å². The summed E-state index contributed by atoms with van der Waals surface area (Å²) in [6.07, 6.45) is 0.793. The third kappa shape index (κ3) is 1.27. The number of Topliss-reactive ketones (excluding diaryl/α,β-unsaturated/α-hetero) is 1. The van der Waals surface area contributed by atoms with Crippen LogP contribution in [0.15, 0.2) is 24.3 Å². The van der Waals surface area contributed by atoms with Gasteiger partial charge in [0.05, 0.1) is 0 Å². The molecule has 1 aromatic carbocycles. The Morgan fingerprint density at radius 3 is 2.56 bits per heavy atom. The Hall–Kier alpha value is -0.0500. The van der Waals surface area contributed by atoms with Gasteiger partial charge < -0.3 is 0 Å². The maximum atomic E-state index is 11.8. The summed E-state index contributed by atoms with van der Waals surface area (Å²) in [5.41, 5.74) is 2.33. The fraction of sp³-hybridized carbons (Fsp3) is 0.417. The normalized spacial score (nSPS) is 34.9. The first-order chi connectivity index (χ1) is 7.53. The van der Waals surface area contributed by atoms with Crippen molar-refractivity contribution in [1.29, 1.82) is 0 Å². The van der Waals surface area contributed by atoms with Gasteiger partial charge in [-0.15, -0.1) is 0 Å². The molecule has 84 valence electrons. The topological polar surface area (TPSA) is 17.1 Å². The highest BCUT2D eigenvalue weighted by Crippen LogP contribution is 2.61. The van der Waals surface area contributed by atoms with Gasteiger partial charge in [0.1, 0.15) is 0 Å². The number of alkyl halides is 3. The minimum absolute atomic E-state index is 0.0192. The monoisotopic (exact) mass is 318 g/mol. The summed E-state index contributed by atoms with van der Waals surface area (Å²) in [6, 6.07) is 8.05. The number of carbonyl (C=O) groups excluding carboxylic acids is 1. The Morgan fingerprint density at radius 2 is 1.88 bits per heavy atom. The molecule has 0 N–H and O–H groups in total. The smallest absolute Gasteiger partial charge is 0.183 e. The van der Waals surface area contributed by atoms with E-state index in [1.807, 2.05) is 18.2 Å². The van der Waals surface area contributed by atoms with Gasteiger partial charge in [0.2, 0.25) is 0 Å². The molecule has 3 atom stereocenters. The zero-order chi connectivity index (χ0) is 11.5. The molecule has 0 bridgehead atoms. The summed E-state index contributed by atoms with van der Waals surface area (Å²) in [5, 5.41) is 0. The van der Waals surface area contributed by atoms with Crippen LogP contribution < -0.4 is 0 Å². The minimum Gasteiger partial charge on any atom is -0.296 e. The second kappa shape index (κ2) is 3.47. The molecular formula is C12H9BrCl2O. The van der Waals surface area contributed by atoms with Crippen LogP contribution in [0.4, 0.5) is 0 Å². The minimum atomic E-state index is -1.21. The molecule has 0 radical (unpaired) electrons. The molecule has 1 saturated carbocycles. The van der Waals surface area contributed by atoms with Gasteiger partial charge in [0.15, 0.2) is 10.1 Å². The Kier molecular flexibility index (Phi) is 2.40. The number of hydrogen-bond acceptors (Lipinski definition) is 1. The molecule has 16 heavy (non-hydrogen) atoms. The molecule has 1 aromatic rings. The molecule has 2 aliphatic carbocycles. The second-order valence-corrected chi connectivity index (χ2v) is 6.89. The van der Waals surface area contributed by atoms with Crippen molar-refractivity contribution in [3.8, 4) is 0 Å². The number of halogens is 3. The van der Waals surface area contributed by atoms with Crippen molar-refractivity contribution in [1.82, 2.24) is 0 Å². The van der Waals surface area contributed by atoms with E-state index in [0.29, 0.717) is 0 Å². The zero-order valence-electron chi connectivity index (χ0n) is 8.29. The Balaban J connectivity index is 2.13. The van der Waals surface area contributed by atoms with Crippen molar-refractivity contribution in [2.24, 2.45) is 5.92 Å². The quantitative estimate of drug-likeness (QED) is 0.661. The number of fused-ring (bicyclic) bond motifs is 3. The molecule has 0 amide bonds. The van der Waals surface area contributed by atoms with Gasteiger partial charge in [-0.2, -0.15) is 0 Å². The summed E-state index contributed by atoms with van der Waals surface area (Å²) < 4.78 is -1.21. The van der Waals surface area contributed by atoms with Crippen LogP contribution in [0.2, 0.25) is 0 Å². The van der Waals surface area contributed by atoms with E-state index in [-0.39, 0.29) is 22.4 Å². The molecule has 1 fully saturated rings. The molecule has 0 saturated heterocycles. The molecule has 4 heteroatoms. The van der Waals surface area contributed by atoms with E-state index in [9.17, 15) is 4.79 Å². The van der Waals surface area contributed by atoms with Crippen LogP contribution in [0.25, 0.3) is 0 Å². The summed E-state index contributed by atoms with van der Waals surface area (Å²) >= 11 is 15.8. The van der Waals surface area contributed by atoms with Crippen LogP contribution in [0.5, 0.6) is 0 Å². The maximum Gasteiger partial charge on any atom is 0.183 e. The maximum absolute atomic E-state index is 11.8. The number of rotatable bonds is 0. The van der Waals surface area contributed by atoms with Crippen molar-refractivity contribution in [3.63, 3.8) is 0 Å². The first-order valence-electron chi connectivity index (χ1n) is 5.18.